The molecule has 0 saturated carbocycles. The Morgan fingerprint density at radius 2 is 0.705 bits per heavy atom. The van der Waals surface area contributed by atoms with Crippen LogP contribution in [-0.4, -0.2) is 160 Å². The average Bonchev–Trinajstić information content (AvgIpc) is 1.33. The number of phenols is 1. The van der Waals surface area contributed by atoms with Gasteiger partial charge in [0.25, 0.3) is 70.9 Å². The highest BCUT2D eigenvalue weighted by molar-refractivity contribution is 7.80. The molecule has 122 heavy (non-hydrogen) atoms. The Labute approximate surface area is 695 Å². The number of hydrogen-bond acceptors (Lipinski definition) is 28. The van der Waals surface area contributed by atoms with E-state index in [0.717, 1.165) is 5.56 Å². The maximum Gasteiger partial charge on any atom is 0.328 e. The average molecular weight is 1690 g/mol. The Bertz CT molecular complexity index is 5540. The van der Waals surface area contributed by atoms with Gasteiger partial charge in [-0.15, -0.1) is 0 Å². The summed E-state index contributed by atoms with van der Waals surface area (Å²) in [4.78, 5) is 194. The Kier molecular flexibility index (Phi) is 30.7. The van der Waals surface area contributed by atoms with E-state index < -0.39 is 101 Å². The van der Waals surface area contributed by atoms with Crippen LogP contribution in [0, 0.1) is 0 Å². The minimum Gasteiger partial charge on any atom is -0.504 e. The molecule has 0 bridgehead atoms. The molecule has 7 aromatic rings. The van der Waals surface area contributed by atoms with Gasteiger partial charge in [0.1, 0.15) is 63.0 Å². The van der Waals surface area contributed by atoms with Gasteiger partial charge in [0.05, 0.1) is 41.7 Å². The minimum atomic E-state index is -0.849. The fourth-order valence-corrected chi connectivity index (χ4v) is 10.9. The lowest BCUT2D eigenvalue weighted by Crippen LogP contribution is -2.51. The second-order valence-corrected chi connectivity index (χ2v) is 25.0. The number of aromatic hydroxyl groups is 1. The second kappa shape index (κ2) is 42.1. The van der Waals surface area contributed by atoms with Crippen molar-refractivity contribution in [3.8, 4) is 57.5 Å². The first-order chi connectivity index (χ1) is 58.5. The number of rotatable bonds is 17. The molecule has 7 aliphatic heterocycles. The molecular formula is C82H70N12O27S. The molecule has 626 valence electrons. The maximum absolute atomic E-state index is 11.7. The fraction of sp³-hybridized carbons (Fsp3) is 0.122. The van der Waals surface area contributed by atoms with Crippen molar-refractivity contribution in [2.75, 3.05) is 48.4 Å². The number of thiocarbonyl (C=S) groups is 1. The molecule has 0 radical (unpaired) electrons. The Balaban J connectivity index is 0.000000167. The van der Waals surface area contributed by atoms with Gasteiger partial charge in [-0.3, -0.25) is 121 Å². The number of amides is 22. The lowest BCUT2D eigenvalue weighted by Gasteiger charge is -2.16. The smallest absolute Gasteiger partial charge is 0.328 e. The van der Waals surface area contributed by atoms with E-state index in [-0.39, 0.29) is 56.8 Å². The van der Waals surface area contributed by atoms with Gasteiger partial charge in [-0.25, -0.2) is 24.0 Å². The summed E-state index contributed by atoms with van der Waals surface area (Å²) in [6.07, 6.45) is 8.26. The van der Waals surface area contributed by atoms with Crippen molar-refractivity contribution in [3.05, 3.63) is 224 Å². The largest absolute Gasteiger partial charge is 0.504 e. The van der Waals surface area contributed by atoms with Gasteiger partial charge in [-0.05, 0) is 163 Å². The zero-order valence-corrected chi connectivity index (χ0v) is 65.5. The van der Waals surface area contributed by atoms with Crippen LogP contribution in [-0.2, 0) is 64.1 Å². The number of imide groups is 10. The molecule has 6 saturated heterocycles. The van der Waals surface area contributed by atoms with Crippen LogP contribution in [0.15, 0.2) is 185 Å². The monoisotopic (exact) mass is 1690 g/mol. The van der Waals surface area contributed by atoms with Crippen LogP contribution >= 0.6 is 12.2 Å². The number of hydrogen-bond donors (Lipinski definition) is 13. The summed E-state index contributed by atoms with van der Waals surface area (Å²) < 4.78 is 47.2. The first-order valence-electron chi connectivity index (χ1n) is 35.6. The lowest BCUT2D eigenvalue weighted by molar-refractivity contribution is -0.125. The fourth-order valence-electron chi connectivity index (χ4n) is 10.7. The molecule has 7 aromatic carbocycles. The van der Waals surface area contributed by atoms with E-state index >= 15 is 0 Å². The third-order valence-electron chi connectivity index (χ3n) is 16.4. The molecule has 39 nitrogen and oxygen atoms in total. The Hall–Kier alpha value is -16.9. The van der Waals surface area contributed by atoms with Gasteiger partial charge in [-0.1, -0.05) is 78.9 Å². The number of carbonyl (C=O) groups is 17. The molecule has 7 aliphatic rings. The zero-order valence-electron chi connectivity index (χ0n) is 64.7. The molecule has 0 atom stereocenters. The molecule has 0 aromatic heterocycles. The standard InChI is InChI=1S/C18H14N2O4.2C13H12N2O5.C13H12N2O4S.C13H12N2O4.C12H8N2O5/c21-16-15(17(22)20-18(23)19-16)10-13-7-4-8-14(9-13)24-11-12-5-2-1-3-6-12;1-19-8-3-4-10(20-2)7(5-8)6-9-11(16)14-13(18)15-12(9)17;1-2-20-10-6-7(3-4-9(10)16)5-8-11(17)14-13(19)15-12(8)18;1-18-9-4-3-7(6-10(9)19-2)5-8-11(16)14-13(20)15-12(8)17;1-2-19-10-6-4-3-5-8(10)7-9-11(16)14-13(18)15-12(9)17;15-10-7(11(16)14-12(17)13-10)3-6-1-2-8-9(4-6)19-5-18-8/h1-10H,11H2,(H2,19,20,21,22,23);3-6H,1-2H3,(H2,14,15,16,17,18);3-6,16H,2H2,1H3,(H2,14,15,17,18,19);3-6H,1-2H3,(H2,14,15,16,17,20);3-7H,2H2,1H3,(H2,14,15,16,17,18);1-4H,5H2,(H2,13,14,15,16,17). The first kappa shape index (κ1) is 89.0. The number of methoxy groups -OCH3 is 4. The summed E-state index contributed by atoms with van der Waals surface area (Å²) >= 11 is 4.72. The van der Waals surface area contributed by atoms with E-state index in [1.165, 1.54) is 83.1 Å². The molecule has 6 fully saturated rings. The quantitative estimate of drug-likeness (QED) is 0.0336. The Morgan fingerprint density at radius 3 is 1.17 bits per heavy atom. The SMILES string of the molecule is CCOc1cc(C=C2C(=O)NC(=O)NC2=O)ccc1O.CCOc1ccccc1C=C1C(=O)NC(=O)NC1=O.COc1ccc(C=C2C(=O)NC(=S)NC2=O)cc1OC.COc1ccc(OC)c(C=C2C(=O)NC(=O)NC2=O)c1.O=C1NC(=O)C(=Cc2ccc3c(c2)OCO3)C(=O)N1.O=C1NC(=O)C(=Cc2cccc(OCc3ccccc3)c2)C(=O)N1. The second-order valence-electron chi connectivity index (χ2n) is 24.6. The topological polar surface area (TPSA) is 538 Å². The summed E-state index contributed by atoms with van der Waals surface area (Å²) in [6, 6.07) is 39.0. The van der Waals surface area contributed by atoms with E-state index in [4.69, 9.17) is 54.8 Å². The van der Waals surface area contributed by atoms with Crippen LogP contribution < -0.4 is 106 Å². The summed E-state index contributed by atoms with van der Waals surface area (Å²) in [5.74, 6) is -3.87. The van der Waals surface area contributed by atoms with E-state index in [9.17, 15) is 86.6 Å². The number of nitrogens with one attached hydrogen (secondary N) is 12. The molecule has 13 N–H and O–H groups in total. The van der Waals surface area contributed by atoms with Gasteiger partial charge in [-0.2, -0.15) is 0 Å². The molecule has 0 unspecified atom stereocenters. The highest BCUT2D eigenvalue weighted by Crippen LogP contribution is 2.35. The number of carbonyl (C=O) groups excluding carboxylic acids is 17. The van der Waals surface area contributed by atoms with Crippen LogP contribution in [0.2, 0.25) is 0 Å². The van der Waals surface area contributed by atoms with Crippen molar-refractivity contribution < 1.29 is 129 Å². The van der Waals surface area contributed by atoms with E-state index in [1.807, 2.05) is 90.4 Å². The van der Waals surface area contributed by atoms with E-state index in [1.54, 1.807) is 110 Å². The number of fused-ring (bicyclic) bond motifs is 1. The van der Waals surface area contributed by atoms with Crippen molar-refractivity contribution in [2.45, 2.75) is 20.5 Å². The van der Waals surface area contributed by atoms with E-state index in [2.05, 4.69) is 10.6 Å². The lowest BCUT2D eigenvalue weighted by atomic mass is 10.1. The van der Waals surface area contributed by atoms with Gasteiger partial charge in [0.2, 0.25) is 6.79 Å². The number of para-hydroxylation sites is 1. The van der Waals surface area contributed by atoms with Gasteiger partial charge in [0.15, 0.2) is 39.6 Å². The predicted molar refractivity (Wildman–Crippen MR) is 431 cm³/mol. The van der Waals surface area contributed by atoms with Crippen LogP contribution in [0.25, 0.3) is 36.5 Å². The van der Waals surface area contributed by atoms with E-state index in [0.29, 0.717) is 99.2 Å². The van der Waals surface area contributed by atoms with Gasteiger partial charge < -0.3 is 47.7 Å². The highest BCUT2D eigenvalue weighted by atomic mass is 32.1. The molecular weight excluding hydrogens is 1620 g/mol. The number of benzene rings is 7. The summed E-state index contributed by atoms with van der Waals surface area (Å²) in [5.41, 5.74) is 3.65. The molecule has 0 spiro atoms. The normalized spacial score (nSPS) is 14.9. The zero-order chi connectivity index (χ0) is 88.3. The van der Waals surface area contributed by atoms with Crippen LogP contribution in [0.4, 0.5) is 24.0 Å². The van der Waals surface area contributed by atoms with Crippen LogP contribution in [0.5, 0.6) is 57.5 Å². The van der Waals surface area contributed by atoms with Crippen LogP contribution in [0.3, 0.4) is 0 Å². The number of phenolic OH excluding ortho intramolecular Hbond substituents is 1. The number of barbiturate groups is 5. The van der Waals surface area contributed by atoms with Gasteiger partial charge >= 0.3 is 30.2 Å². The minimum absolute atomic E-state index is 0.00413. The van der Waals surface area contributed by atoms with Gasteiger partial charge in [0, 0.05) is 11.1 Å². The van der Waals surface area contributed by atoms with Crippen molar-refractivity contribution in [1.29, 1.82) is 0 Å². The third kappa shape index (κ3) is 24.6. The summed E-state index contributed by atoms with van der Waals surface area (Å²) in [5, 5.41) is 34.3. The number of urea groups is 5. The van der Waals surface area contributed by atoms with Crippen molar-refractivity contribution in [3.63, 3.8) is 0 Å². The predicted octanol–water partition coefficient (Wildman–Crippen LogP) is 4.63. The van der Waals surface area contributed by atoms with Crippen LogP contribution in [0.1, 0.15) is 52.8 Å². The molecule has 14 rings (SSSR count). The third-order valence-corrected chi connectivity index (χ3v) is 16.6. The molecule has 40 heteroatoms. The molecule has 7 heterocycles. The molecule has 0 aliphatic carbocycles. The molecule has 22 amide bonds. The first-order valence-corrected chi connectivity index (χ1v) is 36.0. The van der Waals surface area contributed by atoms with Crippen molar-refractivity contribution in [1.82, 2.24) is 63.8 Å². The summed E-state index contributed by atoms with van der Waals surface area (Å²) in [6.45, 7) is 4.99. The summed E-state index contributed by atoms with van der Waals surface area (Å²) in [7, 11) is 6.00. The number of ether oxygens (including phenoxy) is 9. The highest BCUT2D eigenvalue weighted by Gasteiger charge is 2.33. The van der Waals surface area contributed by atoms with Crippen molar-refractivity contribution >= 4 is 155 Å². The van der Waals surface area contributed by atoms with Crippen molar-refractivity contribution in [2.24, 2.45) is 0 Å². The maximum atomic E-state index is 11.7. The Morgan fingerprint density at radius 1 is 0.320 bits per heavy atom.